The highest BCUT2D eigenvalue weighted by atomic mass is 16.5. The standard InChI is InChI=1S/C16H18N2O2/c1-3-20-16-13(8-7-11-15(16)19-2)12-17-18-14-9-5-4-6-10-14/h4-12,18H,3H2,1-2H3/b17-12+. The first-order valence-electron chi connectivity index (χ1n) is 6.49. The Labute approximate surface area is 119 Å². The van der Waals surface area contributed by atoms with E-state index in [0.717, 1.165) is 11.3 Å². The van der Waals surface area contributed by atoms with Crippen molar-refractivity contribution in [3.8, 4) is 11.5 Å². The van der Waals surface area contributed by atoms with E-state index in [0.29, 0.717) is 18.1 Å². The molecule has 0 amide bonds. The Balaban J connectivity index is 2.16. The number of ether oxygens (including phenoxy) is 2. The maximum Gasteiger partial charge on any atom is 0.169 e. The zero-order valence-electron chi connectivity index (χ0n) is 11.7. The molecule has 4 heteroatoms. The number of para-hydroxylation sites is 2. The largest absolute Gasteiger partial charge is 0.493 e. The van der Waals surface area contributed by atoms with Crippen LogP contribution in [0.15, 0.2) is 53.6 Å². The molecule has 0 unspecified atom stereocenters. The smallest absolute Gasteiger partial charge is 0.169 e. The molecule has 0 heterocycles. The van der Waals surface area contributed by atoms with Crippen molar-refractivity contribution in [2.45, 2.75) is 6.92 Å². The van der Waals surface area contributed by atoms with E-state index in [9.17, 15) is 0 Å². The molecule has 2 aromatic rings. The molecule has 2 rings (SSSR count). The van der Waals surface area contributed by atoms with Crippen LogP contribution >= 0.6 is 0 Å². The Morgan fingerprint density at radius 1 is 1.10 bits per heavy atom. The molecule has 0 radical (unpaired) electrons. The lowest BCUT2D eigenvalue weighted by atomic mass is 10.2. The van der Waals surface area contributed by atoms with Crippen LogP contribution in [0.2, 0.25) is 0 Å². The number of anilines is 1. The topological polar surface area (TPSA) is 42.8 Å². The average molecular weight is 270 g/mol. The van der Waals surface area contributed by atoms with Crippen LogP contribution in [0.1, 0.15) is 12.5 Å². The van der Waals surface area contributed by atoms with Crippen molar-refractivity contribution in [2.24, 2.45) is 5.10 Å². The normalized spacial score (nSPS) is 10.5. The van der Waals surface area contributed by atoms with Crippen LogP contribution in [0.5, 0.6) is 11.5 Å². The van der Waals surface area contributed by atoms with E-state index in [1.54, 1.807) is 13.3 Å². The van der Waals surface area contributed by atoms with E-state index in [1.165, 1.54) is 0 Å². The van der Waals surface area contributed by atoms with E-state index in [2.05, 4.69) is 10.5 Å². The highest BCUT2D eigenvalue weighted by Gasteiger charge is 2.08. The number of benzene rings is 2. The summed E-state index contributed by atoms with van der Waals surface area (Å²) in [4.78, 5) is 0. The van der Waals surface area contributed by atoms with E-state index in [1.807, 2.05) is 55.5 Å². The van der Waals surface area contributed by atoms with Gasteiger partial charge in [-0.25, -0.2) is 0 Å². The molecule has 20 heavy (non-hydrogen) atoms. The summed E-state index contributed by atoms with van der Waals surface area (Å²) in [7, 11) is 1.63. The van der Waals surface area contributed by atoms with Gasteiger partial charge < -0.3 is 9.47 Å². The van der Waals surface area contributed by atoms with Crippen LogP contribution in [0.25, 0.3) is 0 Å². The molecule has 0 aliphatic heterocycles. The third-order valence-electron chi connectivity index (χ3n) is 2.69. The molecule has 0 aliphatic rings. The van der Waals surface area contributed by atoms with Crippen molar-refractivity contribution >= 4 is 11.9 Å². The Hall–Kier alpha value is -2.49. The summed E-state index contributed by atoms with van der Waals surface area (Å²) in [5, 5.41) is 4.22. The number of nitrogens with zero attached hydrogens (tertiary/aromatic N) is 1. The molecule has 4 nitrogen and oxygen atoms in total. The fourth-order valence-corrected chi connectivity index (χ4v) is 1.78. The number of hydrazone groups is 1. The lowest BCUT2D eigenvalue weighted by Gasteiger charge is -2.11. The second kappa shape index (κ2) is 7.19. The summed E-state index contributed by atoms with van der Waals surface area (Å²) >= 11 is 0. The van der Waals surface area contributed by atoms with Crippen molar-refractivity contribution in [1.29, 1.82) is 0 Å². The summed E-state index contributed by atoms with van der Waals surface area (Å²) in [5.74, 6) is 1.41. The number of rotatable bonds is 6. The highest BCUT2D eigenvalue weighted by molar-refractivity contribution is 5.85. The zero-order chi connectivity index (χ0) is 14.2. The minimum Gasteiger partial charge on any atom is -0.493 e. The van der Waals surface area contributed by atoms with E-state index >= 15 is 0 Å². The molecule has 0 saturated carbocycles. The van der Waals surface area contributed by atoms with Crippen molar-refractivity contribution in [3.63, 3.8) is 0 Å². The summed E-state index contributed by atoms with van der Waals surface area (Å²) in [6.45, 7) is 2.52. The first-order chi connectivity index (χ1) is 9.85. The predicted molar refractivity (Wildman–Crippen MR) is 81.8 cm³/mol. The average Bonchev–Trinajstić information content (AvgIpc) is 2.50. The van der Waals surface area contributed by atoms with Crippen molar-refractivity contribution in [2.75, 3.05) is 19.1 Å². The third kappa shape index (κ3) is 3.51. The van der Waals surface area contributed by atoms with Crippen molar-refractivity contribution < 1.29 is 9.47 Å². The number of hydrogen-bond acceptors (Lipinski definition) is 4. The summed E-state index contributed by atoms with van der Waals surface area (Å²) in [6.07, 6.45) is 1.72. The molecule has 2 aromatic carbocycles. The van der Waals surface area contributed by atoms with Gasteiger partial charge in [-0.15, -0.1) is 0 Å². The zero-order valence-corrected chi connectivity index (χ0v) is 11.7. The Morgan fingerprint density at radius 3 is 2.60 bits per heavy atom. The third-order valence-corrected chi connectivity index (χ3v) is 2.69. The second-order valence-electron chi connectivity index (χ2n) is 4.05. The van der Waals surface area contributed by atoms with Crippen LogP contribution in [-0.4, -0.2) is 19.9 Å². The minimum absolute atomic E-state index is 0.577. The van der Waals surface area contributed by atoms with Gasteiger partial charge in [-0.3, -0.25) is 5.43 Å². The number of hydrogen-bond donors (Lipinski definition) is 1. The molecule has 0 fully saturated rings. The van der Waals surface area contributed by atoms with Gasteiger partial charge in [0.05, 0.1) is 25.6 Å². The molecule has 0 saturated heterocycles. The van der Waals surface area contributed by atoms with Gasteiger partial charge in [0, 0.05) is 5.56 Å². The maximum absolute atomic E-state index is 5.62. The van der Waals surface area contributed by atoms with Crippen LogP contribution in [0.3, 0.4) is 0 Å². The van der Waals surface area contributed by atoms with Crippen LogP contribution in [-0.2, 0) is 0 Å². The summed E-state index contributed by atoms with van der Waals surface area (Å²) in [5.41, 5.74) is 4.78. The van der Waals surface area contributed by atoms with Gasteiger partial charge >= 0.3 is 0 Å². The molecule has 0 aliphatic carbocycles. The highest BCUT2D eigenvalue weighted by Crippen LogP contribution is 2.29. The van der Waals surface area contributed by atoms with Crippen molar-refractivity contribution in [1.82, 2.24) is 0 Å². The summed E-state index contributed by atoms with van der Waals surface area (Å²) < 4.78 is 10.9. The van der Waals surface area contributed by atoms with Gasteiger partial charge in [0.25, 0.3) is 0 Å². The first-order valence-corrected chi connectivity index (χ1v) is 6.49. The monoisotopic (exact) mass is 270 g/mol. The fourth-order valence-electron chi connectivity index (χ4n) is 1.78. The number of nitrogens with one attached hydrogen (secondary N) is 1. The van der Waals surface area contributed by atoms with Gasteiger partial charge in [-0.05, 0) is 31.2 Å². The number of methoxy groups -OCH3 is 1. The van der Waals surface area contributed by atoms with Crippen LogP contribution in [0, 0.1) is 0 Å². The molecule has 104 valence electrons. The molecule has 1 N–H and O–H groups in total. The molecule has 0 spiro atoms. The summed E-state index contributed by atoms with van der Waals surface area (Å²) in [6, 6.07) is 15.5. The molecular formula is C16H18N2O2. The van der Waals surface area contributed by atoms with Gasteiger partial charge in [0.1, 0.15) is 0 Å². The van der Waals surface area contributed by atoms with Gasteiger partial charge in [-0.2, -0.15) is 5.10 Å². The van der Waals surface area contributed by atoms with Gasteiger partial charge in [-0.1, -0.05) is 24.3 Å². The van der Waals surface area contributed by atoms with E-state index in [4.69, 9.17) is 9.47 Å². The Morgan fingerprint density at radius 2 is 1.90 bits per heavy atom. The van der Waals surface area contributed by atoms with Gasteiger partial charge in [0.15, 0.2) is 11.5 Å². The van der Waals surface area contributed by atoms with Gasteiger partial charge in [0.2, 0.25) is 0 Å². The van der Waals surface area contributed by atoms with Crippen molar-refractivity contribution in [3.05, 3.63) is 54.1 Å². The van der Waals surface area contributed by atoms with Crippen LogP contribution in [0.4, 0.5) is 5.69 Å². The Bertz CT molecular complexity index is 568. The minimum atomic E-state index is 0.577. The first kappa shape index (κ1) is 13.9. The molecule has 0 aromatic heterocycles. The lowest BCUT2D eigenvalue weighted by Crippen LogP contribution is -2.00. The van der Waals surface area contributed by atoms with Crippen LogP contribution < -0.4 is 14.9 Å². The van der Waals surface area contributed by atoms with E-state index in [-0.39, 0.29) is 0 Å². The molecular weight excluding hydrogens is 252 g/mol. The molecule has 0 atom stereocenters. The quantitative estimate of drug-likeness (QED) is 0.645. The predicted octanol–water partition coefficient (Wildman–Crippen LogP) is 3.54. The Kier molecular flexibility index (Phi) is 5.00. The SMILES string of the molecule is CCOc1c(/C=N/Nc2ccccc2)cccc1OC. The maximum atomic E-state index is 5.62. The lowest BCUT2D eigenvalue weighted by molar-refractivity contribution is 0.310. The fraction of sp³-hybridized carbons (Fsp3) is 0.188. The van der Waals surface area contributed by atoms with E-state index < -0.39 is 0 Å². The second-order valence-corrected chi connectivity index (χ2v) is 4.05. The molecule has 0 bridgehead atoms.